The van der Waals surface area contributed by atoms with Gasteiger partial charge in [0.15, 0.2) is 0 Å². The van der Waals surface area contributed by atoms with Crippen molar-refractivity contribution in [3.05, 3.63) is 29.8 Å². The van der Waals surface area contributed by atoms with Gasteiger partial charge in [-0.15, -0.1) is 0 Å². The highest BCUT2D eigenvalue weighted by atomic mass is 16.5. The molecule has 1 fully saturated rings. The summed E-state index contributed by atoms with van der Waals surface area (Å²) in [7, 11) is 1.71. The number of nitrogens with zero attached hydrogens (tertiary/aromatic N) is 2. The van der Waals surface area contributed by atoms with Crippen LogP contribution in [0.4, 0.5) is 0 Å². The molecule has 0 saturated carbocycles. The summed E-state index contributed by atoms with van der Waals surface area (Å²) < 4.78 is 5.25. The number of amides is 1. The van der Waals surface area contributed by atoms with Crippen LogP contribution in [0, 0.1) is 0 Å². The molecule has 116 valence electrons. The standard InChI is InChI=1S/C17H26N2O2/c1-15(20)19-11-5-10-18(12-13-19)9-4-7-16-6-3-8-17(14-16)21-2/h3,6,8,14H,4-5,7,9-13H2,1-2H3. The molecule has 1 heterocycles. The maximum atomic E-state index is 11.4. The topological polar surface area (TPSA) is 32.8 Å². The first-order valence-electron chi connectivity index (χ1n) is 7.80. The van der Waals surface area contributed by atoms with E-state index in [9.17, 15) is 4.79 Å². The molecule has 0 N–H and O–H groups in total. The zero-order valence-electron chi connectivity index (χ0n) is 13.2. The van der Waals surface area contributed by atoms with Crippen molar-refractivity contribution >= 4 is 5.91 Å². The van der Waals surface area contributed by atoms with Crippen molar-refractivity contribution in [2.45, 2.75) is 26.2 Å². The quantitative estimate of drug-likeness (QED) is 0.833. The largest absolute Gasteiger partial charge is 0.497 e. The molecule has 0 spiro atoms. The van der Waals surface area contributed by atoms with E-state index in [1.807, 2.05) is 17.0 Å². The Balaban J connectivity index is 1.74. The van der Waals surface area contributed by atoms with Crippen LogP contribution in [0.25, 0.3) is 0 Å². The van der Waals surface area contributed by atoms with Gasteiger partial charge in [-0.25, -0.2) is 0 Å². The first-order valence-corrected chi connectivity index (χ1v) is 7.80. The smallest absolute Gasteiger partial charge is 0.219 e. The third-order valence-electron chi connectivity index (χ3n) is 4.11. The SMILES string of the molecule is COc1cccc(CCCN2CCCN(C(C)=O)CC2)c1. The second kappa shape index (κ2) is 8.03. The van der Waals surface area contributed by atoms with Crippen molar-refractivity contribution in [3.63, 3.8) is 0 Å². The molecule has 1 aliphatic heterocycles. The van der Waals surface area contributed by atoms with Gasteiger partial charge in [0, 0.05) is 26.6 Å². The zero-order chi connectivity index (χ0) is 15.1. The lowest BCUT2D eigenvalue weighted by Crippen LogP contribution is -2.34. The summed E-state index contributed by atoms with van der Waals surface area (Å²) in [6, 6.07) is 8.29. The van der Waals surface area contributed by atoms with Crippen LogP contribution in [0.1, 0.15) is 25.3 Å². The summed E-state index contributed by atoms with van der Waals surface area (Å²) in [5.74, 6) is 1.13. The third kappa shape index (κ3) is 5.05. The first-order chi connectivity index (χ1) is 10.2. The number of aryl methyl sites for hydroxylation is 1. The fourth-order valence-electron chi connectivity index (χ4n) is 2.84. The van der Waals surface area contributed by atoms with E-state index in [0.717, 1.165) is 57.7 Å². The monoisotopic (exact) mass is 290 g/mol. The average molecular weight is 290 g/mol. The lowest BCUT2D eigenvalue weighted by molar-refractivity contribution is -0.128. The maximum absolute atomic E-state index is 11.4. The Morgan fingerprint density at radius 2 is 2.10 bits per heavy atom. The number of rotatable bonds is 5. The van der Waals surface area contributed by atoms with Gasteiger partial charge < -0.3 is 14.5 Å². The molecule has 0 atom stereocenters. The van der Waals surface area contributed by atoms with E-state index in [4.69, 9.17) is 4.74 Å². The highest BCUT2D eigenvalue weighted by molar-refractivity contribution is 5.73. The second-order valence-electron chi connectivity index (χ2n) is 5.66. The van der Waals surface area contributed by atoms with Crippen LogP contribution in [-0.2, 0) is 11.2 Å². The van der Waals surface area contributed by atoms with Crippen molar-refractivity contribution in [1.82, 2.24) is 9.80 Å². The maximum Gasteiger partial charge on any atom is 0.219 e. The Hall–Kier alpha value is -1.55. The number of benzene rings is 1. The van der Waals surface area contributed by atoms with Crippen LogP contribution in [0.2, 0.25) is 0 Å². The molecule has 2 rings (SSSR count). The fraction of sp³-hybridized carbons (Fsp3) is 0.588. The third-order valence-corrected chi connectivity index (χ3v) is 4.11. The van der Waals surface area contributed by atoms with Crippen LogP contribution in [-0.4, -0.2) is 55.5 Å². The zero-order valence-corrected chi connectivity index (χ0v) is 13.2. The van der Waals surface area contributed by atoms with Gasteiger partial charge >= 0.3 is 0 Å². The van der Waals surface area contributed by atoms with Crippen LogP contribution in [0.5, 0.6) is 5.75 Å². The van der Waals surface area contributed by atoms with Gasteiger partial charge in [-0.2, -0.15) is 0 Å². The summed E-state index contributed by atoms with van der Waals surface area (Å²) in [6.45, 7) is 6.64. The molecule has 1 aromatic carbocycles. The molecule has 4 nitrogen and oxygen atoms in total. The molecule has 0 radical (unpaired) electrons. The van der Waals surface area contributed by atoms with E-state index in [1.165, 1.54) is 5.56 Å². The van der Waals surface area contributed by atoms with E-state index in [0.29, 0.717) is 0 Å². The van der Waals surface area contributed by atoms with E-state index >= 15 is 0 Å². The van der Waals surface area contributed by atoms with E-state index in [1.54, 1.807) is 14.0 Å². The molecule has 1 amide bonds. The Bertz CT molecular complexity index is 462. The van der Waals surface area contributed by atoms with Gasteiger partial charge in [-0.1, -0.05) is 12.1 Å². The lowest BCUT2D eigenvalue weighted by Gasteiger charge is -2.21. The molecule has 0 aromatic heterocycles. The highest BCUT2D eigenvalue weighted by Gasteiger charge is 2.15. The molecule has 4 heteroatoms. The Labute approximate surface area is 127 Å². The number of carbonyl (C=O) groups is 1. The van der Waals surface area contributed by atoms with Gasteiger partial charge in [-0.05, 0) is 50.0 Å². The van der Waals surface area contributed by atoms with Gasteiger partial charge in [-0.3, -0.25) is 4.79 Å². The van der Waals surface area contributed by atoms with Gasteiger partial charge in [0.2, 0.25) is 5.91 Å². The van der Waals surface area contributed by atoms with Gasteiger partial charge in [0.1, 0.15) is 5.75 Å². The molecule has 1 aliphatic rings. The van der Waals surface area contributed by atoms with Crippen molar-refractivity contribution in [2.75, 3.05) is 39.8 Å². The Kier molecular flexibility index (Phi) is 6.05. The summed E-state index contributed by atoms with van der Waals surface area (Å²) in [5.41, 5.74) is 1.33. The number of hydrogen-bond donors (Lipinski definition) is 0. The van der Waals surface area contributed by atoms with Crippen molar-refractivity contribution in [2.24, 2.45) is 0 Å². The van der Waals surface area contributed by atoms with Crippen LogP contribution >= 0.6 is 0 Å². The number of methoxy groups -OCH3 is 1. The normalized spacial score (nSPS) is 16.6. The number of hydrogen-bond acceptors (Lipinski definition) is 3. The summed E-state index contributed by atoms with van der Waals surface area (Å²) in [4.78, 5) is 15.8. The van der Waals surface area contributed by atoms with Gasteiger partial charge in [0.05, 0.1) is 7.11 Å². The molecular weight excluding hydrogens is 264 g/mol. The van der Waals surface area contributed by atoms with Crippen LogP contribution < -0.4 is 4.74 Å². The van der Waals surface area contributed by atoms with Crippen molar-refractivity contribution < 1.29 is 9.53 Å². The fourth-order valence-corrected chi connectivity index (χ4v) is 2.84. The predicted molar refractivity (Wildman–Crippen MR) is 84.6 cm³/mol. The molecule has 21 heavy (non-hydrogen) atoms. The minimum absolute atomic E-state index is 0.202. The van der Waals surface area contributed by atoms with Crippen molar-refractivity contribution in [3.8, 4) is 5.75 Å². The van der Waals surface area contributed by atoms with E-state index < -0.39 is 0 Å². The number of ether oxygens (including phenoxy) is 1. The van der Waals surface area contributed by atoms with E-state index in [2.05, 4.69) is 17.0 Å². The average Bonchev–Trinajstić information content (AvgIpc) is 2.73. The molecule has 1 saturated heterocycles. The second-order valence-corrected chi connectivity index (χ2v) is 5.66. The summed E-state index contributed by atoms with van der Waals surface area (Å²) >= 11 is 0. The Morgan fingerprint density at radius 1 is 1.24 bits per heavy atom. The summed E-state index contributed by atoms with van der Waals surface area (Å²) in [6.07, 6.45) is 3.30. The minimum Gasteiger partial charge on any atom is -0.497 e. The van der Waals surface area contributed by atoms with Gasteiger partial charge in [0.25, 0.3) is 0 Å². The Morgan fingerprint density at radius 3 is 2.86 bits per heavy atom. The molecule has 0 unspecified atom stereocenters. The van der Waals surface area contributed by atoms with Crippen LogP contribution in [0.3, 0.4) is 0 Å². The minimum atomic E-state index is 0.202. The summed E-state index contributed by atoms with van der Waals surface area (Å²) in [5, 5.41) is 0. The molecule has 1 aromatic rings. The van der Waals surface area contributed by atoms with Crippen LogP contribution in [0.15, 0.2) is 24.3 Å². The highest BCUT2D eigenvalue weighted by Crippen LogP contribution is 2.14. The lowest BCUT2D eigenvalue weighted by atomic mass is 10.1. The molecular formula is C17H26N2O2. The predicted octanol–water partition coefficient (Wildman–Crippen LogP) is 2.18. The molecule has 0 bridgehead atoms. The first kappa shape index (κ1) is 15.8. The number of carbonyl (C=O) groups excluding carboxylic acids is 1. The van der Waals surface area contributed by atoms with E-state index in [-0.39, 0.29) is 5.91 Å². The van der Waals surface area contributed by atoms with Crippen molar-refractivity contribution in [1.29, 1.82) is 0 Å². The molecule has 0 aliphatic carbocycles.